The van der Waals surface area contributed by atoms with Crippen LogP contribution in [0.25, 0.3) is 0 Å². The van der Waals surface area contributed by atoms with Gasteiger partial charge in [0.1, 0.15) is 5.69 Å². The predicted octanol–water partition coefficient (Wildman–Crippen LogP) is 2.96. The van der Waals surface area contributed by atoms with E-state index >= 15 is 0 Å². The minimum atomic E-state index is -0.338. The number of hydrogen-bond donors (Lipinski definition) is 1. The van der Waals surface area contributed by atoms with E-state index in [1.807, 2.05) is 6.07 Å². The van der Waals surface area contributed by atoms with Crippen LogP contribution in [0.15, 0.2) is 22.7 Å². The number of anilines is 1. The molecule has 0 bridgehead atoms. The monoisotopic (exact) mass is 328 g/mol. The zero-order chi connectivity index (χ0) is 13.8. The number of nitro benzene ring substituents is 1. The van der Waals surface area contributed by atoms with Gasteiger partial charge in [0.2, 0.25) is 0 Å². The molecule has 0 aliphatic carbocycles. The summed E-state index contributed by atoms with van der Waals surface area (Å²) < 4.78 is 0.715. The average molecular weight is 329 g/mol. The van der Waals surface area contributed by atoms with Crippen LogP contribution in [0.1, 0.15) is 19.3 Å². The van der Waals surface area contributed by atoms with E-state index < -0.39 is 0 Å². The Morgan fingerprint density at radius 3 is 3.00 bits per heavy atom. The summed E-state index contributed by atoms with van der Waals surface area (Å²) in [4.78, 5) is 12.9. The first-order chi connectivity index (χ1) is 9.11. The molecule has 1 unspecified atom stereocenters. The molecule has 0 aromatic heterocycles. The summed E-state index contributed by atoms with van der Waals surface area (Å²) in [5, 5.41) is 20.2. The molecule has 0 saturated carbocycles. The smallest absolute Gasteiger partial charge is 0.293 e. The quantitative estimate of drug-likeness (QED) is 0.681. The van der Waals surface area contributed by atoms with Gasteiger partial charge in [-0.25, -0.2) is 0 Å². The van der Waals surface area contributed by atoms with E-state index in [0.29, 0.717) is 16.1 Å². The highest BCUT2D eigenvalue weighted by atomic mass is 79.9. The number of aliphatic hydroxyl groups excluding tert-OH is 1. The van der Waals surface area contributed by atoms with Crippen molar-refractivity contribution < 1.29 is 10.0 Å². The van der Waals surface area contributed by atoms with E-state index in [-0.39, 0.29) is 17.2 Å². The molecule has 1 heterocycles. The van der Waals surface area contributed by atoms with E-state index in [4.69, 9.17) is 5.11 Å². The summed E-state index contributed by atoms with van der Waals surface area (Å²) in [6.07, 6.45) is 2.86. The molecule has 1 atom stereocenters. The highest BCUT2D eigenvalue weighted by molar-refractivity contribution is 9.10. The van der Waals surface area contributed by atoms with Gasteiger partial charge in [0.25, 0.3) is 5.69 Å². The second-order valence-corrected chi connectivity index (χ2v) is 5.77. The van der Waals surface area contributed by atoms with Gasteiger partial charge >= 0.3 is 0 Å². The Balaban J connectivity index is 2.23. The van der Waals surface area contributed by atoms with E-state index in [1.54, 1.807) is 12.1 Å². The van der Waals surface area contributed by atoms with Crippen LogP contribution in [-0.2, 0) is 0 Å². The van der Waals surface area contributed by atoms with Crippen molar-refractivity contribution in [2.75, 3.05) is 24.6 Å². The maximum absolute atomic E-state index is 11.1. The van der Waals surface area contributed by atoms with E-state index in [1.165, 1.54) is 0 Å². The molecule has 1 aliphatic heterocycles. The van der Waals surface area contributed by atoms with Gasteiger partial charge in [-0.15, -0.1) is 0 Å². The first-order valence-corrected chi connectivity index (χ1v) is 7.21. The molecule has 2 rings (SSSR count). The summed E-state index contributed by atoms with van der Waals surface area (Å²) >= 11 is 3.27. The lowest BCUT2D eigenvalue weighted by Gasteiger charge is -2.33. The highest BCUT2D eigenvalue weighted by Crippen LogP contribution is 2.34. The Bertz CT molecular complexity index is 465. The van der Waals surface area contributed by atoms with E-state index in [2.05, 4.69) is 20.8 Å². The molecule has 1 aliphatic rings. The fourth-order valence-corrected chi connectivity index (χ4v) is 2.96. The van der Waals surface area contributed by atoms with Crippen molar-refractivity contribution >= 4 is 27.3 Å². The molecule has 6 heteroatoms. The van der Waals surface area contributed by atoms with Gasteiger partial charge < -0.3 is 10.0 Å². The Kier molecular flexibility index (Phi) is 4.76. The molecule has 1 saturated heterocycles. The molecular weight excluding hydrogens is 312 g/mol. The summed E-state index contributed by atoms with van der Waals surface area (Å²) in [6, 6.07) is 5.17. The third kappa shape index (κ3) is 3.45. The number of nitrogens with zero attached hydrogens (tertiary/aromatic N) is 2. The van der Waals surface area contributed by atoms with Crippen LogP contribution in [0.4, 0.5) is 11.4 Å². The van der Waals surface area contributed by atoms with Crippen LogP contribution in [0, 0.1) is 16.0 Å². The van der Waals surface area contributed by atoms with Crippen molar-refractivity contribution in [3.05, 3.63) is 32.8 Å². The zero-order valence-corrected chi connectivity index (χ0v) is 12.2. The molecule has 0 spiro atoms. The SMILES string of the molecule is O=[N+]([O-])c1cc(Br)ccc1N1CCCC(CCO)C1. The molecule has 1 fully saturated rings. The lowest BCUT2D eigenvalue weighted by molar-refractivity contribution is -0.384. The van der Waals surface area contributed by atoms with Crippen LogP contribution in [0.5, 0.6) is 0 Å². The lowest BCUT2D eigenvalue weighted by atomic mass is 9.94. The van der Waals surface area contributed by atoms with Crippen molar-refractivity contribution in [2.24, 2.45) is 5.92 Å². The minimum Gasteiger partial charge on any atom is -0.396 e. The normalized spacial score (nSPS) is 19.5. The molecule has 1 aromatic carbocycles. The van der Waals surface area contributed by atoms with Crippen molar-refractivity contribution in [3.63, 3.8) is 0 Å². The number of benzene rings is 1. The average Bonchev–Trinajstić information content (AvgIpc) is 2.39. The molecule has 1 aromatic rings. The highest BCUT2D eigenvalue weighted by Gasteiger charge is 2.25. The van der Waals surface area contributed by atoms with Gasteiger partial charge in [-0.1, -0.05) is 15.9 Å². The second-order valence-electron chi connectivity index (χ2n) is 4.86. The van der Waals surface area contributed by atoms with Crippen molar-refractivity contribution in [3.8, 4) is 0 Å². The Labute approximate surface area is 120 Å². The van der Waals surface area contributed by atoms with Crippen LogP contribution < -0.4 is 4.90 Å². The van der Waals surface area contributed by atoms with Crippen LogP contribution in [-0.4, -0.2) is 29.7 Å². The fraction of sp³-hybridized carbons (Fsp3) is 0.538. The molecule has 104 valence electrons. The van der Waals surface area contributed by atoms with Gasteiger partial charge in [0, 0.05) is 30.2 Å². The van der Waals surface area contributed by atoms with E-state index in [9.17, 15) is 10.1 Å². The number of halogens is 1. The van der Waals surface area contributed by atoms with Gasteiger partial charge in [-0.3, -0.25) is 10.1 Å². The van der Waals surface area contributed by atoms with Gasteiger partial charge in [-0.2, -0.15) is 0 Å². The molecular formula is C13H17BrN2O3. The first kappa shape index (κ1) is 14.3. The molecule has 5 nitrogen and oxygen atoms in total. The number of nitro groups is 1. The zero-order valence-electron chi connectivity index (χ0n) is 10.6. The van der Waals surface area contributed by atoms with Gasteiger partial charge in [-0.05, 0) is 37.3 Å². The molecule has 1 N–H and O–H groups in total. The van der Waals surface area contributed by atoms with Crippen LogP contribution in [0.3, 0.4) is 0 Å². The number of piperidine rings is 1. The Morgan fingerprint density at radius 2 is 2.32 bits per heavy atom. The fourth-order valence-electron chi connectivity index (χ4n) is 2.61. The van der Waals surface area contributed by atoms with Gasteiger partial charge in [0.05, 0.1) is 4.92 Å². The number of rotatable bonds is 4. The van der Waals surface area contributed by atoms with Crippen molar-refractivity contribution in [2.45, 2.75) is 19.3 Å². The minimum absolute atomic E-state index is 0.138. The largest absolute Gasteiger partial charge is 0.396 e. The summed E-state index contributed by atoms with van der Waals surface area (Å²) in [5.74, 6) is 0.419. The molecule has 0 radical (unpaired) electrons. The Morgan fingerprint density at radius 1 is 1.53 bits per heavy atom. The van der Waals surface area contributed by atoms with Crippen molar-refractivity contribution in [1.29, 1.82) is 0 Å². The van der Waals surface area contributed by atoms with E-state index in [0.717, 1.165) is 32.4 Å². The topological polar surface area (TPSA) is 66.6 Å². The number of hydrogen-bond acceptors (Lipinski definition) is 4. The number of aliphatic hydroxyl groups is 1. The van der Waals surface area contributed by atoms with Crippen molar-refractivity contribution in [1.82, 2.24) is 0 Å². The second kappa shape index (κ2) is 6.34. The van der Waals surface area contributed by atoms with Gasteiger partial charge in [0.15, 0.2) is 0 Å². The third-order valence-corrected chi connectivity index (χ3v) is 4.02. The maximum Gasteiger partial charge on any atom is 0.293 e. The first-order valence-electron chi connectivity index (χ1n) is 6.41. The summed E-state index contributed by atoms with van der Waals surface area (Å²) in [7, 11) is 0. The Hall–Kier alpha value is -1.14. The third-order valence-electron chi connectivity index (χ3n) is 3.53. The lowest BCUT2D eigenvalue weighted by Crippen LogP contribution is -2.36. The van der Waals surface area contributed by atoms with Crippen LogP contribution >= 0.6 is 15.9 Å². The predicted molar refractivity (Wildman–Crippen MR) is 77.4 cm³/mol. The summed E-state index contributed by atoms with van der Waals surface area (Å²) in [6.45, 7) is 1.80. The summed E-state index contributed by atoms with van der Waals surface area (Å²) in [5.41, 5.74) is 0.815. The standard InChI is InChI=1S/C13H17BrN2O3/c14-11-3-4-12(13(8-11)16(18)19)15-6-1-2-10(9-15)5-7-17/h3-4,8,10,17H,1-2,5-7,9H2. The van der Waals surface area contributed by atoms with Crippen LogP contribution in [0.2, 0.25) is 0 Å². The molecule has 0 amide bonds. The molecule has 19 heavy (non-hydrogen) atoms. The maximum atomic E-state index is 11.1.